The number of pyridine rings is 2. The van der Waals surface area contributed by atoms with E-state index in [1.54, 1.807) is 15.6 Å². The van der Waals surface area contributed by atoms with Gasteiger partial charge in [-0.2, -0.15) is 5.10 Å². The van der Waals surface area contributed by atoms with Crippen molar-refractivity contribution < 1.29 is 9.53 Å². The first-order valence-electron chi connectivity index (χ1n) is 13.0. The van der Waals surface area contributed by atoms with Gasteiger partial charge in [0, 0.05) is 47.9 Å². The zero-order valence-corrected chi connectivity index (χ0v) is 22.7. The molecule has 11 heteroatoms. The molecule has 0 saturated carbocycles. The van der Waals surface area contributed by atoms with Crippen molar-refractivity contribution >= 4 is 39.8 Å². The first-order chi connectivity index (χ1) is 19.4. The molecule has 0 radical (unpaired) electrons. The summed E-state index contributed by atoms with van der Waals surface area (Å²) < 4.78 is 7.79. The summed E-state index contributed by atoms with van der Waals surface area (Å²) >= 11 is 0. The van der Waals surface area contributed by atoms with Gasteiger partial charge < -0.3 is 15.0 Å². The number of hydrogen-bond donors (Lipinski definition) is 1. The summed E-state index contributed by atoms with van der Waals surface area (Å²) in [5, 5.41) is 8.29. The summed E-state index contributed by atoms with van der Waals surface area (Å²) in [4.78, 5) is 34.6. The van der Waals surface area contributed by atoms with E-state index in [1.807, 2.05) is 74.6 Å². The van der Waals surface area contributed by atoms with E-state index in [1.165, 1.54) is 12.7 Å². The van der Waals surface area contributed by atoms with E-state index < -0.39 is 0 Å². The standard InChI is InChI=1S/C29H29N9O2/c1-18-11-20(5-6-25(18)40-21-7-10-38-27(12-21)32-17-34-38)35-28-23-13-26(30-14-24(23)31-16-33-28)37-15-19(2)22(29(37)39)8-9-36(3)4/h5-8,10-14,16-17,19H,9,15H2,1-4H3,(H,31,33,35)/b22-8+/t19-/m1/s1. The van der Waals surface area contributed by atoms with E-state index in [4.69, 9.17) is 4.74 Å². The number of aryl methyl sites for hydroxylation is 1. The van der Waals surface area contributed by atoms with Gasteiger partial charge in [0.2, 0.25) is 0 Å². The molecule has 1 atom stereocenters. The van der Waals surface area contributed by atoms with Gasteiger partial charge in [-0.1, -0.05) is 13.0 Å². The molecule has 1 aliphatic rings. The molecule has 1 aromatic carbocycles. The van der Waals surface area contributed by atoms with Crippen LogP contribution in [0.5, 0.6) is 11.5 Å². The minimum atomic E-state index is -0.0121. The third-order valence-corrected chi connectivity index (χ3v) is 6.86. The molecule has 6 rings (SSSR count). The van der Waals surface area contributed by atoms with E-state index in [0.717, 1.165) is 28.0 Å². The number of fused-ring (bicyclic) bond motifs is 2. The predicted molar refractivity (Wildman–Crippen MR) is 153 cm³/mol. The largest absolute Gasteiger partial charge is 0.457 e. The fourth-order valence-electron chi connectivity index (χ4n) is 4.75. The predicted octanol–water partition coefficient (Wildman–Crippen LogP) is 4.38. The molecule has 5 heterocycles. The molecule has 1 N–H and O–H groups in total. The smallest absolute Gasteiger partial charge is 0.255 e. The highest BCUT2D eigenvalue weighted by Crippen LogP contribution is 2.33. The summed E-state index contributed by atoms with van der Waals surface area (Å²) in [5.74, 6) is 2.73. The van der Waals surface area contributed by atoms with Crippen molar-refractivity contribution in [2.75, 3.05) is 37.4 Å². The van der Waals surface area contributed by atoms with Gasteiger partial charge in [-0.05, 0) is 56.9 Å². The number of hydrogen-bond acceptors (Lipinski definition) is 9. The van der Waals surface area contributed by atoms with Crippen LogP contribution in [0.3, 0.4) is 0 Å². The van der Waals surface area contributed by atoms with Crippen molar-refractivity contribution in [1.29, 1.82) is 0 Å². The molecule has 202 valence electrons. The first-order valence-corrected chi connectivity index (χ1v) is 13.0. The van der Waals surface area contributed by atoms with Crippen LogP contribution in [-0.2, 0) is 4.79 Å². The van der Waals surface area contributed by atoms with Gasteiger partial charge in [0.25, 0.3) is 5.91 Å². The third kappa shape index (κ3) is 4.94. The third-order valence-electron chi connectivity index (χ3n) is 6.86. The van der Waals surface area contributed by atoms with Crippen LogP contribution in [0.4, 0.5) is 17.3 Å². The highest BCUT2D eigenvalue weighted by molar-refractivity contribution is 6.09. The Labute approximate surface area is 231 Å². The monoisotopic (exact) mass is 535 g/mol. The van der Waals surface area contributed by atoms with E-state index in [9.17, 15) is 4.79 Å². The molecule has 0 bridgehead atoms. The minimum absolute atomic E-state index is 0.0121. The molecule has 0 unspecified atom stereocenters. The molecule has 1 fully saturated rings. The molecule has 1 aliphatic heterocycles. The second-order valence-corrected chi connectivity index (χ2v) is 10.2. The Hall–Kier alpha value is -4.90. The summed E-state index contributed by atoms with van der Waals surface area (Å²) in [7, 11) is 3.97. The number of anilines is 3. The Balaban J connectivity index is 1.24. The normalized spacial score (nSPS) is 16.5. The van der Waals surface area contributed by atoms with Crippen molar-refractivity contribution in [3.8, 4) is 11.5 Å². The van der Waals surface area contributed by atoms with E-state index >= 15 is 0 Å². The molecular formula is C29H29N9O2. The number of ether oxygens (including phenoxy) is 1. The highest BCUT2D eigenvalue weighted by Gasteiger charge is 2.34. The van der Waals surface area contributed by atoms with Crippen molar-refractivity contribution in [3.05, 3.63) is 78.7 Å². The van der Waals surface area contributed by atoms with Gasteiger partial charge in [0.1, 0.15) is 35.8 Å². The Morgan fingerprint density at radius 3 is 2.80 bits per heavy atom. The van der Waals surface area contributed by atoms with Crippen LogP contribution in [0.1, 0.15) is 12.5 Å². The number of likely N-dealkylation sites (N-methyl/N-ethyl adjacent to an activating group) is 1. The molecule has 1 saturated heterocycles. The number of amides is 1. The fourth-order valence-corrected chi connectivity index (χ4v) is 4.75. The van der Waals surface area contributed by atoms with Gasteiger partial charge >= 0.3 is 0 Å². The summed E-state index contributed by atoms with van der Waals surface area (Å²) in [6.45, 7) is 5.35. The number of nitrogens with zero attached hydrogens (tertiary/aromatic N) is 8. The number of rotatable bonds is 7. The van der Waals surface area contributed by atoms with E-state index in [-0.39, 0.29) is 11.8 Å². The molecule has 0 aliphatic carbocycles. The number of benzene rings is 1. The number of aromatic nitrogens is 6. The van der Waals surface area contributed by atoms with E-state index in [0.29, 0.717) is 41.6 Å². The van der Waals surface area contributed by atoms with Crippen LogP contribution in [0.15, 0.2) is 73.1 Å². The lowest BCUT2D eigenvalue weighted by Crippen LogP contribution is -2.26. The fraction of sp³-hybridized carbons (Fsp3) is 0.241. The van der Waals surface area contributed by atoms with Crippen molar-refractivity contribution in [3.63, 3.8) is 0 Å². The maximum absolute atomic E-state index is 13.2. The number of carbonyl (C=O) groups excluding carboxylic acids is 1. The van der Waals surface area contributed by atoms with Crippen molar-refractivity contribution in [2.45, 2.75) is 13.8 Å². The lowest BCUT2D eigenvalue weighted by molar-refractivity contribution is -0.114. The van der Waals surface area contributed by atoms with Crippen molar-refractivity contribution in [2.24, 2.45) is 5.92 Å². The van der Waals surface area contributed by atoms with Gasteiger partial charge in [-0.15, -0.1) is 0 Å². The van der Waals surface area contributed by atoms with Crippen LogP contribution in [0.2, 0.25) is 0 Å². The van der Waals surface area contributed by atoms with Gasteiger partial charge in [0.15, 0.2) is 5.65 Å². The Bertz CT molecular complexity index is 1760. The quantitative estimate of drug-likeness (QED) is 0.303. The summed E-state index contributed by atoms with van der Waals surface area (Å²) in [5.41, 5.74) is 4.00. The Morgan fingerprint density at radius 1 is 1.10 bits per heavy atom. The second kappa shape index (κ2) is 10.3. The molecule has 40 heavy (non-hydrogen) atoms. The summed E-state index contributed by atoms with van der Waals surface area (Å²) in [6.07, 6.45) is 8.51. The minimum Gasteiger partial charge on any atom is -0.457 e. The van der Waals surface area contributed by atoms with Crippen LogP contribution in [0.25, 0.3) is 16.6 Å². The zero-order valence-electron chi connectivity index (χ0n) is 22.7. The number of nitrogens with one attached hydrogen (secondary N) is 1. The molecule has 5 aromatic rings. The zero-order chi connectivity index (χ0) is 27.8. The van der Waals surface area contributed by atoms with Crippen LogP contribution in [0, 0.1) is 12.8 Å². The van der Waals surface area contributed by atoms with Crippen LogP contribution < -0.4 is 15.0 Å². The van der Waals surface area contributed by atoms with Crippen molar-refractivity contribution in [1.82, 2.24) is 34.4 Å². The van der Waals surface area contributed by atoms with Crippen LogP contribution in [-0.4, -0.2) is 67.5 Å². The highest BCUT2D eigenvalue weighted by atomic mass is 16.5. The Morgan fingerprint density at radius 2 is 1.98 bits per heavy atom. The van der Waals surface area contributed by atoms with Gasteiger partial charge in [0.05, 0.1) is 11.7 Å². The second-order valence-electron chi connectivity index (χ2n) is 10.2. The Kier molecular flexibility index (Phi) is 6.56. The average Bonchev–Trinajstić information content (AvgIpc) is 3.52. The lowest BCUT2D eigenvalue weighted by atomic mass is 10.0. The van der Waals surface area contributed by atoms with Gasteiger partial charge in [-0.25, -0.2) is 24.5 Å². The van der Waals surface area contributed by atoms with Crippen LogP contribution >= 0.6 is 0 Å². The van der Waals surface area contributed by atoms with E-state index in [2.05, 4.69) is 37.3 Å². The maximum atomic E-state index is 13.2. The number of carbonyl (C=O) groups is 1. The average molecular weight is 536 g/mol. The SMILES string of the molecule is Cc1cc(Nc2ncnc3cnc(N4C[C@@H](C)/C(=C\CN(C)C)C4=O)cc23)ccc1Oc1ccn2ncnc2c1. The summed E-state index contributed by atoms with van der Waals surface area (Å²) in [6, 6.07) is 11.4. The molecule has 0 spiro atoms. The molecule has 4 aromatic heterocycles. The van der Waals surface area contributed by atoms with Gasteiger partial charge in [-0.3, -0.25) is 9.69 Å². The molecule has 11 nitrogen and oxygen atoms in total. The first kappa shape index (κ1) is 25.4. The molecule has 1 amide bonds. The lowest BCUT2D eigenvalue weighted by Gasteiger charge is -2.16. The topological polar surface area (TPSA) is 114 Å². The maximum Gasteiger partial charge on any atom is 0.255 e. The molecular weight excluding hydrogens is 506 g/mol.